The zero-order valence-electron chi connectivity index (χ0n) is 11.8. The molecule has 0 radical (unpaired) electrons. The van der Waals surface area contributed by atoms with E-state index in [1.165, 1.54) is 0 Å². The van der Waals surface area contributed by atoms with E-state index in [9.17, 15) is 9.59 Å². The summed E-state index contributed by atoms with van der Waals surface area (Å²) in [7, 11) is 0. The maximum Gasteiger partial charge on any atom is 0.307 e. The van der Waals surface area contributed by atoms with Crippen LogP contribution in [-0.4, -0.2) is 17.0 Å². The fourth-order valence-corrected chi connectivity index (χ4v) is 2.84. The molecule has 1 amide bonds. The summed E-state index contributed by atoms with van der Waals surface area (Å²) < 4.78 is 0. The summed E-state index contributed by atoms with van der Waals surface area (Å²) in [5, 5.41) is 11.9. The van der Waals surface area contributed by atoms with E-state index in [1.807, 2.05) is 25.1 Å². The molecule has 1 aromatic rings. The number of carbonyl (C=O) groups excluding carboxylic acids is 1. The van der Waals surface area contributed by atoms with E-state index in [0.717, 1.165) is 36.8 Å². The number of hydrogen-bond acceptors (Lipinski definition) is 2. The van der Waals surface area contributed by atoms with E-state index < -0.39 is 5.97 Å². The SMILES string of the molecule is CC1(C(=O)NCc2ccccc2CC(=O)O)CCCC1. The average Bonchev–Trinajstić information content (AvgIpc) is 2.85. The Bertz CT molecular complexity index is 504. The molecule has 0 aliphatic heterocycles. The molecule has 0 bridgehead atoms. The van der Waals surface area contributed by atoms with Crippen molar-refractivity contribution in [3.05, 3.63) is 35.4 Å². The van der Waals surface area contributed by atoms with Crippen molar-refractivity contribution in [2.45, 2.75) is 45.6 Å². The zero-order valence-corrected chi connectivity index (χ0v) is 11.8. The van der Waals surface area contributed by atoms with Gasteiger partial charge in [0.05, 0.1) is 6.42 Å². The first-order chi connectivity index (χ1) is 9.51. The van der Waals surface area contributed by atoms with Crippen molar-refractivity contribution in [2.24, 2.45) is 5.41 Å². The van der Waals surface area contributed by atoms with Gasteiger partial charge in [-0.3, -0.25) is 9.59 Å². The Morgan fingerprint density at radius 3 is 2.40 bits per heavy atom. The summed E-state index contributed by atoms with van der Waals surface area (Å²) >= 11 is 0. The molecule has 20 heavy (non-hydrogen) atoms. The standard InChI is InChI=1S/C16H21NO3/c1-16(8-4-5-9-16)15(20)17-11-13-7-3-2-6-12(13)10-14(18)19/h2-3,6-7H,4-5,8-11H2,1H3,(H,17,20)(H,18,19). The van der Waals surface area contributed by atoms with Crippen LogP contribution in [-0.2, 0) is 22.6 Å². The van der Waals surface area contributed by atoms with Gasteiger partial charge in [-0.2, -0.15) is 0 Å². The van der Waals surface area contributed by atoms with Crippen LogP contribution in [0, 0.1) is 5.41 Å². The summed E-state index contributed by atoms with van der Waals surface area (Å²) in [5.41, 5.74) is 1.39. The van der Waals surface area contributed by atoms with Gasteiger partial charge >= 0.3 is 5.97 Å². The van der Waals surface area contributed by atoms with Gasteiger partial charge in [0.15, 0.2) is 0 Å². The lowest BCUT2D eigenvalue weighted by atomic mass is 9.88. The van der Waals surface area contributed by atoms with Crippen LogP contribution in [0.3, 0.4) is 0 Å². The van der Waals surface area contributed by atoms with Crippen molar-refractivity contribution in [1.82, 2.24) is 5.32 Å². The number of carboxylic acid groups (broad SMARTS) is 1. The number of benzene rings is 1. The summed E-state index contributed by atoms with van der Waals surface area (Å²) in [6.07, 6.45) is 4.09. The molecule has 4 nitrogen and oxygen atoms in total. The van der Waals surface area contributed by atoms with E-state index >= 15 is 0 Å². The van der Waals surface area contributed by atoms with Gasteiger partial charge in [0.1, 0.15) is 0 Å². The lowest BCUT2D eigenvalue weighted by Crippen LogP contribution is -2.36. The molecule has 0 unspecified atom stereocenters. The summed E-state index contributed by atoms with van der Waals surface area (Å²) in [6.45, 7) is 2.41. The third-order valence-corrected chi connectivity index (χ3v) is 4.15. The number of nitrogens with one attached hydrogen (secondary N) is 1. The van der Waals surface area contributed by atoms with Crippen LogP contribution < -0.4 is 5.32 Å². The normalized spacial score (nSPS) is 16.9. The van der Waals surface area contributed by atoms with Gasteiger partial charge in [0.2, 0.25) is 5.91 Å². The molecule has 1 fully saturated rings. The molecule has 1 saturated carbocycles. The molecule has 0 heterocycles. The predicted molar refractivity (Wildman–Crippen MR) is 76.2 cm³/mol. The van der Waals surface area contributed by atoms with Gasteiger partial charge in [-0.05, 0) is 24.0 Å². The van der Waals surface area contributed by atoms with Gasteiger partial charge in [-0.1, -0.05) is 44.0 Å². The van der Waals surface area contributed by atoms with Crippen molar-refractivity contribution in [2.75, 3.05) is 0 Å². The molecule has 0 atom stereocenters. The summed E-state index contributed by atoms with van der Waals surface area (Å²) in [6, 6.07) is 7.36. The third-order valence-electron chi connectivity index (χ3n) is 4.15. The van der Waals surface area contributed by atoms with E-state index in [0.29, 0.717) is 6.54 Å². The molecule has 1 aliphatic carbocycles. The summed E-state index contributed by atoms with van der Waals surface area (Å²) in [5.74, 6) is -0.772. The van der Waals surface area contributed by atoms with Gasteiger partial charge in [0, 0.05) is 12.0 Å². The number of carboxylic acids is 1. The lowest BCUT2D eigenvalue weighted by molar-refractivity contribution is -0.136. The Hall–Kier alpha value is -1.84. The van der Waals surface area contributed by atoms with Crippen LogP contribution in [0.4, 0.5) is 0 Å². The third kappa shape index (κ3) is 3.38. The fraction of sp³-hybridized carbons (Fsp3) is 0.500. The van der Waals surface area contributed by atoms with Crippen LogP contribution in [0.25, 0.3) is 0 Å². The number of aliphatic carboxylic acids is 1. The molecular weight excluding hydrogens is 254 g/mol. The molecule has 2 rings (SSSR count). The number of rotatable bonds is 5. The lowest BCUT2D eigenvalue weighted by Gasteiger charge is -2.22. The minimum Gasteiger partial charge on any atom is -0.481 e. The van der Waals surface area contributed by atoms with Crippen molar-refractivity contribution in [1.29, 1.82) is 0 Å². The van der Waals surface area contributed by atoms with Crippen LogP contribution in [0.15, 0.2) is 24.3 Å². The molecule has 1 aliphatic rings. The van der Waals surface area contributed by atoms with Crippen molar-refractivity contribution < 1.29 is 14.7 Å². The smallest absolute Gasteiger partial charge is 0.307 e. The molecule has 1 aromatic carbocycles. The maximum absolute atomic E-state index is 12.2. The van der Waals surface area contributed by atoms with Gasteiger partial charge in [0.25, 0.3) is 0 Å². The predicted octanol–water partition coefficient (Wildman–Crippen LogP) is 2.51. The molecule has 0 aromatic heterocycles. The van der Waals surface area contributed by atoms with E-state index in [1.54, 1.807) is 6.07 Å². The van der Waals surface area contributed by atoms with Crippen molar-refractivity contribution in [3.8, 4) is 0 Å². The Labute approximate surface area is 119 Å². The first-order valence-corrected chi connectivity index (χ1v) is 7.08. The quantitative estimate of drug-likeness (QED) is 0.867. The Morgan fingerprint density at radius 1 is 1.20 bits per heavy atom. The second kappa shape index (κ2) is 6.07. The van der Waals surface area contributed by atoms with Crippen LogP contribution in [0.5, 0.6) is 0 Å². The highest BCUT2D eigenvalue weighted by molar-refractivity contribution is 5.82. The molecule has 0 saturated heterocycles. The number of hydrogen-bond donors (Lipinski definition) is 2. The number of carbonyl (C=O) groups is 2. The minimum absolute atomic E-state index is 0.0106. The molecule has 0 spiro atoms. The van der Waals surface area contributed by atoms with Crippen molar-refractivity contribution >= 4 is 11.9 Å². The second-order valence-corrected chi connectivity index (χ2v) is 5.79. The Balaban J connectivity index is 2.00. The van der Waals surface area contributed by atoms with Crippen LogP contribution in [0.2, 0.25) is 0 Å². The Kier molecular flexibility index (Phi) is 4.42. The fourth-order valence-electron chi connectivity index (χ4n) is 2.84. The first-order valence-electron chi connectivity index (χ1n) is 7.08. The highest BCUT2D eigenvalue weighted by Gasteiger charge is 2.35. The second-order valence-electron chi connectivity index (χ2n) is 5.79. The summed E-state index contributed by atoms with van der Waals surface area (Å²) in [4.78, 5) is 23.1. The van der Waals surface area contributed by atoms with E-state index in [-0.39, 0.29) is 17.7 Å². The van der Waals surface area contributed by atoms with Gasteiger partial charge < -0.3 is 10.4 Å². The largest absolute Gasteiger partial charge is 0.481 e. The van der Waals surface area contributed by atoms with E-state index in [4.69, 9.17) is 5.11 Å². The average molecular weight is 275 g/mol. The van der Waals surface area contributed by atoms with Gasteiger partial charge in [-0.15, -0.1) is 0 Å². The number of amides is 1. The maximum atomic E-state index is 12.2. The van der Waals surface area contributed by atoms with Gasteiger partial charge in [-0.25, -0.2) is 0 Å². The molecule has 4 heteroatoms. The topological polar surface area (TPSA) is 66.4 Å². The minimum atomic E-state index is -0.855. The highest BCUT2D eigenvalue weighted by Crippen LogP contribution is 2.37. The Morgan fingerprint density at radius 2 is 1.80 bits per heavy atom. The van der Waals surface area contributed by atoms with Crippen molar-refractivity contribution in [3.63, 3.8) is 0 Å². The van der Waals surface area contributed by atoms with Crippen LogP contribution in [0.1, 0.15) is 43.7 Å². The first kappa shape index (κ1) is 14.6. The van der Waals surface area contributed by atoms with Crippen LogP contribution >= 0.6 is 0 Å². The molecule has 2 N–H and O–H groups in total. The highest BCUT2D eigenvalue weighted by atomic mass is 16.4. The van der Waals surface area contributed by atoms with E-state index in [2.05, 4.69) is 5.32 Å². The molecule has 108 valence electrons. The molecular formula is C16H21NO3. The zero-order chi connectivity index (χ0) is 14.6. The monoisotopic (exact) mass is 275 g/mol.